The zero-order valence-electron chi connectivity index (χ0n) is 13.3. The maximum Gasteiger partial charge on any atom is 0.247 e. The number of carbonyl (C=O) groups is 1. The van der Waals surface area contributed by atoms with Gasteiger partial charge in [0.25, 0.3) is 0 Å². The number of nitrogens with zero attached hydrogens (tertiary/aromatic N) is 2. The van der Waals surface area contributed by atoms with Crippen LogP contribution in [-0.2, 0) is 14.8 Å². The Labute approximate surface area is 144 Å². The minimum Gasteiger partial charge on any atom is -0.326 e. The van der Waals surface area contributed by atoms with Crippen LogP contribution in [0.5, 0.6) is 0 Å². The average molecular weight is 363 g/mol. The van der Waals surface area contributed by atoms with Crippen LogP contribution in [0.3, 0.4) is 0 Å². The third kappa shape index (κ3) is 3.49. The molecule has 6 nitrogen and oxygen atoms in total. The SMILES string of the molecule is CC(=O)Nc1cccc(C2=NN(S(C)(=O)=O)[C@H](c3cccs3)C2)c1. The van der Waals surface area contributed by atoms with Gasteiger partial charge in [0.05, 0.1) is 12.0 Å². The molecular weight excluding hydrogens is 346 g/mol. The first-order valence-electron chi connectivity index (χ1n) is 7.33. The standard InChI is InChI=1S/C16H17N3O3S2/c1-11(20)17-13-6-3-5-12(9-13)14-10-15(16-7-4-8-23-16)19(18-14)24(2,21)22/h3-9,15H,10H2,1-2H3,(H,17,20)/t15-/m0/s1. The number of thiophene rings is 1. The van der Waals surface area contributed by atoms with Gasteiger partial charge in [0, 0.05) is 23.9 Å². The van der Waals surface area contributed by atoms with E-state index in [1.807, 2.05) is 29.6 Å². The molecule has 1 aromatic heterocycles. The summed E-state index contributed by atoms with van der Waals surface area (Å²) in [5.74, 6) is -0.158. The van der Waals surface area contributed by atoms with E-state index in [9.17, 15) is 13.2 Å². The van der Waals surface area contributed by atoms with Crippen molar-refractivity contribution in [1.82, 2.24) is 4.41 Å². The van der Waals surface area contributed by atoms with E-state index in [1.54, 1.807) is 12.1 Å². The van der Waals surface area contributed by atoms with E-state index in [0.717, 1.165) is 16.7 Å². The van der Waals surface area contributed by atoms with E-state index in [0.29, 0.717) is 17.8 Å². The molecular formula is C16H17N3O3S2. The Morgan fingerprint density at radius 1 is 1.33 bits per heavy atom. The summed E-state index contributed by atoms with van der Waals surface area (Å²) in [4.78, 5) is 12.2. The van der Waals surface area contributed by atoms with Crippen molar-refractivity contribution >= 4 is 38.7 Å². The molecule has 1 atom stereocenters. The molecule has 0 saturated carbocycles. The van der Waals surface area contributed by atoms with Crippen molar-refractivity contribution in [3.63, 3.8) is 0 Å². The second-order valence-corrected chi connectivity index (χ2v) is 8.40. The van der Waals surface area contributed by atoms with Gasteiger partial charge in [-0.3, -0.25) is 4.79 Å². The summed E-state index contributed by atoms with van der Waals surface area (Å²) in [5.41, 5.74) is 2.15. The summed E-state index contributed by atoms with van der Waals surface area (Å²) in [7, 11) is -3.47. The zero-order chi connectivity index (χ0) is 17.3. The highest BCUT2D eigenvalue weighted by molar-refractivity contribution is 7.88. The summed E-state index contributed by atoms with van der Waals surface area (Å²) in [6, 6.07) is 10.8. The van der Waals surface area contributed by atoms with Gasteiger partial charge in [-0.15, -0.1) is 11.3 Å². The lowest BCUT2D eigenvalue weighted by atomic mass is 10.0. The number of nitrogens with one attached hydrogen (secondary N) is 1. The van der Waals surface area contributed by atoms with Gasteiger partial charge in [-0.25, -0.2) is 8.42 Å². The number of sulfonamides is 1. The number of hydrazone groups is 1. The van der Waals surface area contributed by atoms with Crippen LogP contribution in [0.25, 0.3) is 0 Å². The molecule has 0 radical (unpaired) electrons. The molecule has 0 saturated heterocycles. The summed E-state index contributed by atoms with van der Waals surface area (Å²) >= 11 is 1.51. The van der Waals surface area contributed by atoms with Crippen LogP contribution in [0.2, 0.25) is 0 Å². The van der Waals surface area contributed by atoms with Crippen LogP contribution < -0.4 is 5.32 Å². The molecule has 0 fully saturated rings. The number of benzene rings is 1. The molecule has 0 spiro atoms. The summed E-state index contributed by atoms with van der Waals surface area (Å²) in [5, 5.41) is 8.99. The predicted octanol–water partition coefficient (Wildman–Crippen LogP) is 2.82. The average Bonchev–Trinajstić information content (AvgIpc) is 3.15. The molecule has 0 bridgehead atoms. The normalized spacial score (nSPS) is 17.7. The van der Waals surface area contributed by atoms with Gasteiger partial charge < -0.3 is 5.32 Å². The van der Waals surface area contributed by atoms with E-state index in [-0.39, 0.29) is 11.9 Å². The van der Waals surface area contributed by atoms with Crippen molar-refractivity contribution in [2.45, 2.75) is 19.4 Å². The van der Waals surface area contributed by atoms with Crippen LogP contribution >= 0.6 is 11.3 Å². The van der Waals surface area contributed by atoms with Crippen LogP contribution in [-0.4, -0.2) is 30.7 Å². The summed E-state index contributed by atoms with van der Waals surface area (Å²) < 4.78 is 25.4. The highest BCUT2D eigenvalue weighted by atomic mass is 32.2. The number of hydrogen-bond donors (Lipinski definition) is 1. The number of hydrogen-bond acceptors (Lipinski definition) is 5. The lowest BCUT2D eigenvalue weighted by Gasteiger charge is -2.19. The maximum absolute atomic E-state index is 12.1. The Morgan fingerprint density at radius 2 is 2.12 bits per heavy atom. The van der Waals surface area contributed by atoms with Crippen LogP contribution in [0, 0.1) is 0 Å². The third-order valence-electron chi connectivity index (χ3n) is 3.60. The minimum absolute atomic E-state index is 0.158. The third-order valence-corrected chi connectivity index (χ3v) is 5.59. The Bertz CT molecular complexity index is 889. The predicted molar refractivity (Wildman–Crippen MR) is 95.6 cm³/mol. The number of anilines is 1. The summed E-state index contributed by atoms with van der Waals surface area (Å²) in [6.45, 7) is 1.44. The zero-order valence-corrected chi connectivity index (χ0v) is 14.9. The number of amides is 1. The van der Waals surface area contributed by atoms with E-state index < -0.39 is 10.0 Å². The Morgan fingerprint density at radius 3 is 2.75 bits per heavy atom. The molecule has 1 aliphatic heterocycles. The first kappa shape index (κ1) is 16.7. The second kappa shape index (κ2) is 6.37. The van der Waals surface area contributed by atoms with Crippen LogP contribution in [0.4, 0.5) is 5.69 Å². The van der Waals surface area contributed by atoms with Gasteiger partial charge in [-0.1, -0.05) is 18.2 Å². The minimum atomic E-state index is -3.47. The highest BCUT2D eigenvalue weighted by Crippen LogP contribution is 2.36. The quantitative estimate of drug-likeness (QED) is 0.907. The highest BCUT2D eigenvalue weighted by Gasteiger charge is 2.35. The van der Waals surface area contributed by atoms with Gasteiger partial charge in [-0.05, 0) is 29.1 Å². The fourth-order valence-electron chi connectivity index (χ4n) is 2.64. The Hall–Kier alpha value is -2.19. The molecule has 1 aliphatic rings. The van der Waals surface area contributed by atoms with Gasteiger partial charge in [-0.2, -0.15) is 9.52 Å². The van der Waals surface area contributed by atoms with Crippen molar-refractivity contribution < 1.29 is 13.2 Å². The molecule has 0 unspecified atom stereocenters. The number of carbonyl (C=O) groups excluding carboxylic acids is 1. The molecule has 1 amide bonds. The molecule has 2 aromatic rings. The molecule has 24 heavy (non-hydrogen) atoms. The molecule has 126 valence electrons. The van der Waals surface area contributed by atoms with E-state index in [2.05, 4.69) is 10.4 Å². The second-order valence-electron chi connectivity index (χ2n) is 5.58. The van der Waals surface area contributed by atoms with Crippen molar-refractivity contribution in [3.8, 4) is 0 Å². The van der Waals surface area contributed by atoms with Crippen molar-refractivity contribution in [2.75, 3.05) is 11.6 Å². The molecule has 2 heterocycles. The van der Waals surface area contributed by atoms with Gasteiger partial charge >= 0.3 is 0 Å². The molecule has 1 aromatic carbocycles. The monoisotopic (exact) mass is 363 g/mol. The van der Waals surface area contributed by atoms with E-state index in [4.69, 9.17) is 0 Å². The van der Waals surface area contributed by atoms with Crippen molar-refractivity contribution in [3.05, 3.63) is 52.2 Å². The van der Waals surface area contributed by atoms with E-state index in [1.165, 1.54) is 22.7 Å². The lowest BCUT2D eigenvalue weighted by Crippen LogP contribution is -2.25. The Balaban J connectivity index is 1.96. The molecule has 1 N–H and O–H groups in total. The van der Waals surface area contributed by atoms with Gasteiger partial charge in [0.1, 0.15) is 6.04 Å². The first-order chi connectivity index (χ1) is 11.3. The molecule has 3 rings (SSSR count). The summed E-state index contributed by atoms with van der Waals surface area (Å²) in [6.07, 6.45) is 1.66. The first-order valence-corrected chi connectivity index (χ1v) is 10.1. The topological polar surface area (TPSA) is 78.8 Å². The van der Waals surface area contributed by atoms with Crippen LogP contribution in [0.1, 0.15) is 29.8 Å². The molecule has 8 heteroatoms. The van der Waals surface area contributed by atoms with Crippen LogP contribution in [0.15, 0.2) is 46.9 Å². The fraction of sp³-hybridized carbons (Fsp3) is 0.250. The lowest BCUT2D eigenvalue weighted by molar-refractivity contribution is -0.114. The smallest absolute Gasteiger partial charge is 0.247 e. The number of rotatable bonds is 4. The largest absolute Gasteiger partial charge is 0.326 e. The van der Waals surface area contributed by atoms with E-state index >= 15 is 0 Å². The van der Waals surface area contributed by atoms with Crippen molar-refractivity contribution in [1.29, 1.82) is 0 Å². The molecule has 0 aliphatic carbocycles. The van der Waals surface area contributed by atoms with Gasteiger partial charge in [0.2, 0.25) is 15.9 Å². The fourth-order valence-corrected chi connectivity index (χ4v) is 4.42. The van der Waals surface area contributed by atoms with Crippen molar-refractivity contribution in [2.24, 2.45) is 5.10 Å². The maximum atomic E-state index is 12.1. The van der Waals surface area contributed by atoms with Gasteiger partial charge in [0.15, 0.2) is 0 Å². The Kier molecular flexibility index (Phi) is 4.42.